The van der Waals surface area contributed by atoms with E-state index < -0.39 is 0 Å². The van der Waals surface area contributed by atoms with Crippen LogP contribution in [0.1, 0.15) is 31.4 Å². The van der Waals surface area contributed by atoms with Crippen LogP contribution in [-0.4, -0.2) is 32.2 Å². The Kier molecular flexibility index (Phi) is 5.67. The van der Waals surface area contributed by atoms with E-state index >= 15 is 0 Å². The fourth-order valence-electron chi connectivity index (χ4n) is 3.87. The summed E-state index contributed by atoms with van der Waals surface area (Å²) in [5.74, 6) is 1.31. The highest BCUT2D eigenvalue weighted by Crippen LogP contribution is 2.33. The smallest absolute Gasteiger partial charge is 0.184 e. The van der Waals surface area contributed by atoms with Gasteiger partial charge in [0.1, 0.15) is 23.3 Å². The lowest BCUT2D eigenvalue weighted by atomic mass is 9.93. The maximum atomic E-state index is 10.2. The van der Waals surface area contributed by atoms with Crippen LogP contribution in [0.3, 0.4) is 0 Å². The number of hydrogen-bond donors (Lipinski definition) is 2. The second kappa shape index (κ2) is 8.91. The lowest BCUT2D eigenvalue weighted by molar-refractivity contribution is 0.116. The molecule has 1 aromatic carbocycles. The van der Waals surface area contributed by atoms with Gasteiger partial charge in [-0.25, -0.2) is 9.97 Å². The summed E-state index contributed by atoms with van der Waals surface area (Å²) >= 11 is 1.56. The second-order valence-corrected chi connectivity index (χ2v) is 8.84. The van der Waals surface area contributed by atoms with Gasteiger partial charge in [-0.1, -0.05) is 24.2 Å². The zero-order valence-electron chi connectivity index (χ0n) is 17.2. The highest BCUT2D eigenvalue weighted by Gasteiger charge is 2.23. The van der Waals surface area contributed by atoms with Crippen LogP contribution >= 0.6 is 11.3 Å². The van der Waals surface area contributed by atoms with Crippen LogP contribution in [0.4, 0.5) is 5.13 Å². The molecule has 3 heterocycles. The average Bonchev–Trinajstić information content (AvgIpc) is 3.22. The van der Waals surface area contributed by atoms with Gasteiger partial charge in [0.15, 0.2) is 5.13 Å². The van der Waals surface area contributed by atoms with Crippen LogP contribution in [0.25, 0.3) is 21.3 Å². The lowest BCUT2D eigenvalue weighted by Crippen LogP contribution is -2.36. The third-order valence-corrected chi connectivity index (χ3v) is 6.51. The fourth-order valence-corrected chi connectivity index (χ4v) is 4.82. The zero-order chi connectivity index (χ0) is 21.9. The number of nitrogens with zero attached hydrogens (tertiary/aromatic N) is 4. The van der Waals surface area contributed by atoms with Crippen LogP contribution in [0.5, 0.6) is 11.5 Å². The summed E-state index contributed by atoms with van der Waals surface area (Å²) in [7, 11) is 0. The molecule has 4 aromatic rings. The van der Waals surface area contributed by atoms with E-state index in [1.165, 1.54) is 0 Å². The summed E-state index contributed by atoms with van der Waals surface area (Å²) in [4.78, 5) is 13.0. The van der Waals surface area contributed by atoms with E-state index in [-0.39, 0.29) is 12.1 Å². The Morgan fingerprint density at radius 3 is 2.75 bits per heavy atom. The van der Waals surface area contributed by atoms with Crippen molar-refractivity contribution in [2.45, 2.75) is 37.8 Å². The molecule has 0 spiro atoms. The molecule has 1 aliphatic rings. The summed E-state index contributed by atoms with van der Waals surface area (Å²) in [5.41, 5.74) is 2.99. The minimum atomic E-state index is -0.319. The number of fused-ring (bicyclic) bond motifs is 1. The third kappa shape index (κ3) is 4.40. The SMILES string of the molecule is N#Cc1ccc(-c2cncc(Oc3ccc4nc(N[C@@H]5CCCC[C@H]5O)sc4c3)c2)cn1. The van der Waals surface area contributed by atoms with E-state index in [4.69, 9.17) is 10.00 Å². The van der Waals surface area contributed by atoms with Gasteiger partial charge in [0.25, 0.3) is 0 Å². The molecule has 1 aliphatic carbocycles. The van der Waals surface area contributed by atoms with E-state index in [1.54, 1.807) is 36.0 Å². The molecule has 2 atom stereocenters. The van der Waals surface area contributed by atoms with Gasteiger partial charge in [0.05, 0.1) is 28.6 Å². The van der Waals surface area contributed by atoms with E-state index in [0.717, 1.165) is 52.2 Å². The molecular weight excluding hydrogens is 422 g/mol. The van der Waals surface area contributed by atoms with Crippen LogP contribution in [0, 0.1) is 11.3 Å². The van der Waals surface area contributed by atoms with Crippen molar-refractivity contribution in [2.24, 2.45) is 0 Å². The number of aliphatic hydroxyl groups excluding tert-OH is 1. The Hall–Kier alpha value is -3.54. The summed E-state index contributed by atoms with van der Waals surface area (Å²) in [6, 6.07) is 13.3. The predicted octanol–water partition coefficient (Wildman–Crippen LogP) is 5.13. The van der Waals surface area contributed by atoms with Crippen molar-refractivity contribution in [2.75, 3.05) is 5.32 Å². The molecule has 0 unspecified atom stereocenters. The van der Waals surface area contributed by atoms with Crippen molar-refractivity contribution >= 4 is 26.7 Å². The standard InChI is InChI=1S/C24H21N5O2S/c25-11-17-6-5-15(13-27-17)16-9-19(14-26-12-16)31-18-7-8-21-23(10-18)32-24(29-21)28-20-3-1-2-4-22(20)30/h5-10,12-14,20,22,30H,1-4H2,(H,28,29)/t20-,22-/m1/s1. The molecule has 7 nitrogen and oxygen atoms in total. The van der Waals surface area contributed by atoms with E-state index in [0.29, 0.717) is 17.2 Å². The highest BCUT2D eigenvalue weighted by molar-refractivity contribution is 7.22. The molecule has 1 fully saturated rings. The number of anilines is 1. The molecule has 0 aliphatic heterocycles. The number of ether oxygens (including phenoxy) is 1. The fraction of sp³-hybridized carbons (Fsp3) is 0.250. The van der Waals surface area contributed by atoms with Gasteiger partial charge in [-0.3, -0.25) is 4.98 Å². The number of aromatic nitrogens is 3. The third-order valence-electron chi connectivity index (χ3n) is 5.56. The molecule has 2 N–H and O–H groups in total. The Morgan fingerprint density at radius 1 is 1.03 bits per heavy atom. The minimum absolute atomic E-state index is 0.0607. The van der Waals surface area contributed by atoms with Crippen molar-refractivity contribution in [3.8, 4) is 28.7 Å². The number of hydrogen-bond acceptors (Lipinski definition) is 8. The molecule has 0 bridgehead atoms. The Bertz CT molecular complexity index is 1280. The number of aliphatic hydroxyl groups is 1. The van der Waals surface area contributed by atoms with E-state index in [9.17, 15) is 5.11 Å². The van der Waals surface area contributed by atoms with Crippen molar-refractivity contribution in [3.05, 3.63) is 60.7 Å². The number of rotatable bonds is 5. The van der Waals surface area contributed by atoms with Gasteiger partial charge in [0.2, 0.25) is 0 Å². The predicted molar refractivity (Wildman–Crippen MR) is 124 cm³/mol. The molecule has 8 heteroatoms. The highest BCUT2D eigenvalue weighted by atomic mass is 32.1. The van der Waals surface area contributed by atoms with Crippen molar-refractivity contribution in [1.29, 1.82) is 5.26 Å². The Labute approximate surface area is 189 Å². The number of benzene rings is 1. The van der Waals surface area contributed by atoms with Crippen LogP contribution < -0.4 is 10.1 Å². The number of pyridine rings is 2. The van der Waals surface area contributed by atoms with Gasteiger partial charge in [-0.05, 0) is 43.2 Å². The molecule has 160 valence electrons. The number of nitriles is 1. The molecule has 0 radical (unpaired) electrons. The minimum Gasteiger partial charge on any atom is -0.456 e. The van der Waals surface area contributed by atoms with Gasteiger partial charge < -0.3 is 15.2 Å². The molecule has 0 amide bonds. The van der Waals surface area contributed by atoms with Crippen molar-refractivity contribution in [3.63, 3.8) is 0 Å². The Balaban J connectivity index is 1.33. The normalized spacial score (nSPS) is 18.2. The van der Waals surface area contributed by atoms with Crippen LogP contribution in [0.15, 0.2) is 55.0 Å². The zero-order valence-corrected chi connectivity index (χ0v) is 18.0. The quantitative estimate of drug-likeness (QED) is 0.440. The van der Waals surface area contributed by atoms with Crippen molar-refractivity contribution in [1.82, 2.24) is 15.0 Å². The summed E-state index contributed by atoms with van der Waals surface area (Å²) < 4.78 is 7.06. The monoisotopic (exact) mass is 443 g/mol. The second-order valence-electron chi connectivity index (χ2n) is 7.81. The topological polar surface area (TPSA) is 104 Å². The van der Waals surface area contributed by atoms with Crippen molar-refractivity contribution < 1.29 is 9.84 Å². The molecule has 32 heavy (non-hydrogen) atoms. The van der Waals surface area contributed by atoms with Gasteiger partial charge in [0, 0.05) is 29.6 Å². The van der Waals surface area contributed by atoms with Crippen LogP contribution in [0.2, 0.25) is 0 Å². The summed E-state index contributed by atoms with van der Waals surface area (Å²) in [5, 5.41) is 23.4. The Morgan fingerprint density at radius 2 is 1.94 bits per heavy atom. The molecule has 1 saturated carbocycles. The summed E-state index contributed by atoms with van der Waals surface area (Å²) in [6.07, 6.45) is 8.74. The first kappa shape index (κ1) is 20.4. The molecular formula is C24H21N5O2S. The number of nitrogens with one attached hydrogen (secondary N) is 1. The van der Waals surface area contributed by atoms with Gasteiger partial charge >= 0.3 is 0 Å². The largest absolute Gasteiger partial charge is 0.456 e. The first-order chi connectivity index (χ1) is 15.7. The first-order valence-corrected chi connectivity index (χ1v) is 11.3. The van der Waals surface area contributed by atoms with Gasteiger partial charge in [-0.15, -0.1) is 0 Å². The van der Waals surface area contributed by atoms with E-state index in [2.05, 4.69) is 20.3 Å². The molecule has 0 saturated heterocycles. The van der Waals surface area contributed by atoms with Crippen LogP contribution in [-0.2, 0) is 0 Å². The average molecular weight is 444 g/mol. The molecule has 3 aromatic heterocycles. The molecule has 5 rings (SSSR count). The first-order valence-electron chi connectivity index (χ1n) is 10.5. The van der Waals surface area contributed by atoms with E-state index in [1.807, 2.05) is 36.4 Å². The number of thiazole rings is 1. The maximum Gasteiger partial charge on any atom is 0.184 e. The lowest BCUT2D eigenvalue weighted by Gasteiger charge is -2.27. The van der Waals surface area contributed by atoms with Gasteiger partial charge in [-0.2, -0.15) is 5.26 Å². The summed E-state index contributed by atoms with van der Waals surface area (Å²) in [6.45, 7) is 0. The maximum absolute atomic E-state index is 10.2.